The standard InChI is InChI=1S/C27H32N2O7/c1-3-25(32)28-13-5-7-15-35-20-10-12-21(23(31)18-20)27(34)22-11-9-19(30)17-24(22)36-16-8-6-14-29-26(33)4-2/h3-4,9-12,17-18,30-31H,1-2,5-8,13-16H2,(H,28,32)(H,29,33). The van der Waals surface area contributed by atoms with Crippen LogP contribution in [0.1, 0.15) is 41.6 Å². The van der Waals surface area contributed by atoms with Crippen LogP contribution in [-0.2, 0) is 9.59 Å². The van der Waals surface area contributed by atoms with Crippen molar-refractivity contribution in [1.29, 1.82) is 0 Å². The highest BCUT2D eigenvalue weighted by atomic mass is 16.5. The van der Waals surface area contributed by atoms with E-state index in [9.17, 15) is 24.6 Å². The predicted molar refractivity (Wildman–Crippen MR) is 136 cm³/mol. The van der Waals surface area contributed by atoms with Crippen molar-refractivity contribution in [2.45, 2.75) is 25.7 Å². The van der Waals surface area contributed by atoms with E-state index in [4.69, 9.17) is 9.47 Å². The number of ether oxygens (including phenoxy) is 2. The number of ketones is 1. The number of phenolic OH excluding ortho intramolecular Hbond substituents is 2. The summed E-state index contributed by atoms with van der Waals surface area (Å²) in [6.45, 7) is 8.39. The van der Waals surface area contributed by atoms with Crippen LogP contribution in [0.15, 0.2) is 61.7 Å². The van der Waals surface area contributed by atoms with Crippen molar-refractivity contribution in [3.8, 4) is 23.0 Å². The predicted octanol–water partition coefficient (Wildman–Crippen LogP) is 3.25. The second kappa shape index (κ2) is 14.9. The first-order valence-corrected chi connectivity index (χ1v) is 11.6. The molecule has 0 atom stereocenters. The Morgan fingerprint density at radius 3 is 1.94 bits per heavy atom. The molecule has 0 heterocycles. The van der Waals surface area contributed by atoms with Crippen molar-refractivity contribution in [2.24, 2.45) is 0 Å². The zero-order chi connectivity index (χ0) is 26.3. The highest BCUT2D eigenvalue weighted by molar-refractivity contribution is 6.12. The molecule has 2 amide bonds. The molecule has 0 aliphatic rings. The fraction of sp³-hybridized carbons (Fsp3) is 0.296. The highest BCUT2D eigenvalue weighted by Crippen LogP contribution is 2.31. The first-order chi connectivity index (χ1) is 17.3. The number of benzene rings is 2. The van der Waals surface area contributed by atoms with Crippen LogP contribution in [0, 0.1) is 0 Å². The first kappa shape index (κ1) is 28.0. The molecule has 0 bridgehead atoms. The van der Waals surface area contributed by atoms with E-state index < -0.39 is 5.78 Å². The molecular formula is C27H32N2O7. The van der Waals surface area contributed by atoms with Crippen LogP contribution in [0.3, 0.4) is 0 Å². The van der Waals surface area contributed by atoms with Crippen molar-refractivity contribution >= 4 is 17.6 Å². The molecule has 0 saturated carbocycles. The van der Waals surface area contributed by atoms with E-state index >= 15 is 0 Å². The van der Waals surface area contributed by atoms with E-state index in [1.165, 1.54) is 42.5 Å². The average molecular weight is 497 g/mol. The van der Waals surface area contributed by atoms with Gasteiger partial charge in [-0.25, -0.2) is 0 Å². The Morgan fingerprint density at radius 2 is 1.36 bits per heavy atom. The summed E-state index contributed by atoms with van der Waals surface area (Å²) in [5.74, 6) is -0.641. The van der Waals surface area contributed by atoms with Gasteiger partial charge in [0.1, 0.15) is 23.0 Å². The molecule has 9 nitrogen and oxygen atoms in total. The lowest BCUT2D eigenvalue weighted by Crippen LogP contribution is -2.22. The molecular weight excluding hydrogens is 464 g/mol. The highest BCUT2D eigenvalue weighted by Gasteiger charge is 2.19. The van der Waals surface area contributed by atoms with Crippen LogP contribution in [0.4, 0.5) is 0 Å². The van der Waals surface area contributed by atoms with Gasteiger partial charge in [0.25, 0.3) is 0 Å². The summed E-state index contributed by atoms with van der Waals surface area (Å²) in [6.07, 6.45) is 5.09. The number of carbonyl (C=O) groups is 3. The zero-order valence-corrected chi connectivity index (χ0v) is 20.1. The number of rotatable bonds is 16. The third-order valence-electron chi connectivity index (χ3n) is 5.06. The lowest BCUT2D eigenvalue weighted by molar-refractivity contribution is -0.117. The summed E-state index contributed by atoms with van der Waals surface area (Å²) in [5, 5.41) is 25.6. The van der Waals surface area contributed by atoms with Gasteiger partial charge in [0.05, 0.1) is 24.3 Å². The first-order valence-electron chi connectivity index (χ1n) is 11.6. The molecule has 9 heteroatoms. The Hall–Kier alpha value is -4.27. The Labute approximate surface area is 210 Å². The van der Waals surface area contributed by atoms with E-state index in [-0.39, 0.29) is 46.8 Å². The Balaban J connectivity index is 1.93. The summed E-state index contributed by atoms with van der Waals surface area (Å²) < 4.78 is 11.3. The number of phenols is 2. The van der Waals surface area contributed by atoms with Gasteiger partial charge in [0.15, 0.2) is 5.78 Å². The second-order valence-electron chi connectivity index (χ2n) is 7.79. The van der Waals surface area contributed by atoms with Gasteiger partial charge in [-0.3, -0.25) is 14.4 Å². The Bertz CT molecular complexity index is 1080. The number of aromatic hydroxyl groups is 2. The fourth-order valence-electron chi connectivity index (χ4n) is 3.15. The molecule has 2 aromatic rings. The van der Waals surface area contributed by atoms with E-state index in [0.717, 1.165) is 6.42 Å². The topological polar surface area (TPSA) is 134 Å². The van der Waals surface area contributed by atoms with Crippen LogP contribution in [0.25, 0.3) is 0 Å². The van der Waals surface area contributed by atoms with Gasteiger partial charge < -0.3 is 30.3 Å². The van der Waals surface area contributed by atoms with Crippen molar-refractivity contribution in [3.05, 3.63) is 72.8 Å². The van der Waals surface area contributed by atoms with Crippen molar-refractivity contribution in [1.82, 2.24) is 10.6 Å². The van der Waals surface area contributed by atoms with Crippen molar-refractivity contribution in [2.75, 3.05) is 26.3 Å². The molecule has 0 spiro atoms. The molecule has 0 fully saturated rings. The lowest BCUT2D eigenvalue weighted by atomic mass is 10.0. The van der Waals surface area contributed by atoms with Gasteiger partial charge in [-0.1, -0.05) is 13.2 Å². The van der Waals surface area contributed by atoms with Gasteiger partial charge in [0, 0.05) is 25.2 Å². The smallest absolute Gasteiger partial charge is 0.243 e. The molecule has 0 aromatic heterocycles. The maximum absolute atomic E-state index is 13.1. The monoisotopic (exact) mass is 496 g/mol. The summed E-state index contributed by atoms with van der Waals surface area (Å²) in [4.78, 5) is 35.4. The van der Waals surface area contributed by atoms with Crippen LogP contribution in [0.5, 0.6) is 23.0 Å². The SMILES string of the molecule is C=CC(=O)NCCCCOc1ccc(C(=O)c2ccc(O)cc2OCCCCNC(=O)C=C)c(O)c1. The van der Waals surface area contributed by atoms with E-state index in [1.807, 2.05) is 0 Å². The quantitative estimate of drug-likeness (QED) is 0.159. The summed E-state index contributed by atoms with van der Waals surface area (Å²) in [5.41, 5.74) is 0.260. The minimum absolute atomic E-state index is 0.0585. The number of amides is 2. The fourth-order valence-corrected chi connectivity index (χ4v) is 3.15. The average Bonchev–Trinajstić information content (AvgIpc) is 2.87. The normalized spacial score (nSPS) is 10.2. The number of hydrogen-bond acceptors (Lipinski definition) is 7. The van der Waals surface area contributed by atoms with Gasteiger partial charge in [0.2, 0.25) is 11.8 Å². The number of unbranched alkanes of at least 4 members (excludes halogenated alkanes) is 2. The Morgan fingerprint density at radius 1 is 0.778 bits per heavy atom. The van der Waals surface area contributed by atoms with E-state index in [0.29, 0.717) is 44.7 Å². The molecule has 4 N–H and O–H groups in total. The third-order valence-corrected chi connectivity index (χ3v) is 5.06. The van der Waals surface area contributed by atoms with Crippen molar-refractivity contribution < 1.29 is 34.1 Å². The molecule has 0 aliphatic heterocycles. The zero-order valence-electron chi connectivity index (χ0n) is 20.1. The molecule has 0 saturated heterocycles. The second-order valence-corrected chi connectivity index (χ2v) is 7.79. The number of hydrogen-bond donors (Lipinski definition) is 4. The van der Waals surface area contributed by atoms with Crippen LogP contribution in [-0.4, -0.2) is 54.1 Å². The molecule has 0 radical (unpaired) electrons. The minimum Gasteiger partial charge on any atom is -0.508 e. The summed E-state index contributed by atoms with van der Waals surface area (Å²) in [7, 11) is 0. The van der Waals surface area contributed by atoms with Crippen LogP contribution in [0.2, 0.25) is 0 Å². The minimum atomic E-state index is -0.467. The maximum atomic E-state index is 13.1. The molecule has 2 aromatic carbocycles. The maximum Gasteiger partial charge on any atom is 0.243 e. The lowest BCUT2D eigenvalue weighted by Gasteiger charge is -2.13. The van der Waals surface area contributed by atoms with Gasteiger partial charge in [-0.05, 0) is 62.1 Å². The molecule has 2 rings (SSSR count). The van der Waals surface area contributed by atoms with Gasteiger partial charge >= 0.3 is 0 Å². The largest absolute Gasteiger partial charge is 0.508 e. The number of carbonyl (C=O) groups excluding carboxylic acids is 3. The van der Waals surface area contributed by atoms with E-state index in [1.54, 1.807) is 6.07 Å². The number of nitrogens with one attached hydrogen (secondary N) is 2. The van der Waals surface area contributed by atoms with Crippen LogP contribution >= 0.6 is 0 Å². The third kappa shape index (κ3) is 9.17. The van der Waals surface area contributed by atoms with Crippen molar-refractivity contribution in [3.63, 3.8) is 0 Å². The molecule has 0 unspecified atom stereocenters. The summed E-state index contributed by atoms with van der Waals surface area (Å²) >= 11 is 0. The molecule has 36 heavy (non-hydrogen) atoms. The van der Waals surface area contributed by atoms with E-state index in [2.05, 4.69) is 23.8 Å². The van der Waals surface area contributed by atoms with Gasteiger partial charge in [-0.15, -0.1) is 0 Å². The Kier molecular flexibility index (Phi) is 11.6. The summed E-state index contributed by atoms with van der Waals surface area (Å²) in [6, 6.07) is 8.58. The van der Waals surface area contributed by atoms with Crippen LogP contribution < -0.4 is 20.1 Å². The molecule has 192 valence electrons. The molecule has 0 aliphatic carbocycles. The van der Waals surface area contributed by atoms with Gasteiger partial charge in [-0.2, -0.15) is 0 Å².